The van der Waals surface area contributed by atoms with Crippen LogP contribution in [0.2, 0.25) is 0 Å². The number of halogens is 1. The number of hydrogen-bond donors (Lipinski definition) is 2. The van der Waals surface area contributed by atoms with Crippen LogP contribution in [-0.2, 0) is 4.79 Å². The summed E-state index contributed by atoms with van der Waals surface area (Å²) in [5.74, 6) is 0.533. The summed E-state index contributed by atoms with van der Waals surface area (Å²) in [7, 11) is 1.72. The molecule has 3 rings (SSSR count). The van der Waals surface area contributed by atoms with E-state index in [1.165, 1.54) is 12.3 Å². The maximum Gasteiger partial charge on any atom is 0.228 e. The Balaban J connectivity index is 1.70. The molecule has 0 unspecified atom stereocenters. The van der Waals surface area contributed by atoms with Gasteiger partial charge < -0.3 is 15.4 Å². The fourth-order valence-corrected chi connectivity index (χ4v) is 2.31. The van der Waals surface area contributed by atoms with E-state index in [1.807, 2.05) is 0 Å². The number of hydrogen-bond acceptors (Lipinski definition) is 4. The number of carbonyl (C=O) groups excluding carboxylic acids is 1. The number of amides is 1. The zero-order valence-electron chi connectivity index (χ0n) is 12.8. The molecule has 2 aromatic rings. The van der Waals surface area contributed by atoms with Gasteiger partial charge in [-0.2, -0.15) is 0 Å². The molecule has 0 radical (unpaired) electrons. The molecule has 0 bridgehead atoms. The van der Waals surface area contributed by atoms with E-state index in [9.17, 15) is 9.18 Å². The minimum atomic E-state index is -0.464. The number of rotatable bonds is 5. The van der Waals surface area contributed by atoms with E-state index in [4.69, 9.17) is 4.74 Å². The summed E-state index contributed by atoms with van der Waals surface area (Å²) in [4.78, 5) is 16.0. The predicted molar refractivity (Wildman–Crippen MR) is 86.2 cm³/mol. The Bertz CT molecular complexity index is 717. The number of ether oxygens (including phenoxy) is 1. The van der Waals surface area contributed by atoms with Crippen LogP contribution in [0.3, 0.4) is 0 Å². The van der Waals surface area contributed by atoms with E-state index in [1.54, 1.807) is 31.3 Å². The van der Waals surface area contributed by atoms with Crippen LogP contribution >= 0.6 is 0 Å². The van der Waals surface area contributed by atoms with Crippen molar-refractivity contribution in [1.29, 1.82) is 0 Å². The fraction of sp³-hybridized carbons (Fsp3) is 0.294. The van der Waals surface area contributed by atoms with Crippen molar-refractivity contribution in [3.63, 3.8) is 0 Å². The molecule has 1 fully saturated rings. The molecule has 1 aromatic carbocycles. The van der Waals surface area contributed by atoms with Crippen LogP contribution in [0.15, 0.2) is 36.5 Å². The van der Waals surface area contributed by atoms with Crippen molar-refractivity contribution < 1.29 is 13.9 Å². The lowest BCUT2D eigenvalue weighted by molar-refractivity contribution is -0.122. The molecule has 0 spiro atoms. The van der Waals surface area contributed by atoms with Crippen molar-refractivity contribution in [3.8, 4) is 11.5 Å². The molecule has 1 aliphatic carbocycles. The van der Waals surface area contributed by atoms with Gasteiger partial charge in [0.15, 0.2) is 11.6 Å². The number of carbonyl (C=O) groups is 1. The van der Waals surface area contributed by atoms with Crippen LogP contribution in [0.25, 0.3) is 0 Å². The first-order valence-electron chi connectivity index (χ1n) is 7.58. The molecule has 0 saturated heterocycles. The topological polar surface area (TPSA) is 63.2 Å². The van der Waals surface area contributed by atoms with Crippen LogP contribution in [0.4, 0.5) is 15.9 Å². The van der Waals surface area contributed by atoms with Crippen molar-refractivity contribution in [2.24, 2.45) is 5.92 Å². The summed E-state index contributed by atoms with van der Waals surface area (Å²) in [6.07, 6.45) is 4.46. The van der Waals surface area contributed by atoms with E-state index in [-0.39, 0.29) is 17.6 Å². The molecule has 1 saturated carbocycles. The van der Waals surface area contributed by atoms with E-state index >= 15 is 0 Å². The third-order valence-electron chi connectivity index (χ3n) is 3.91. The molecule has 0 atom stereocenters. The minimum Gasteiger partial charge on any atom is -0.454 e. The molecular formula is C17H18FN3O2. The lowest BCUT2D eigenvalue weighted by atomic mass is 9.85. The Kier molecular flexibility index (Phi) is 4.41. The molecular weight excluding hydrogens is 297 g/mol. The van der Waals surface area contributed by atoms with Crippen LogP contribution < -0.4 is 15.4 Å². The molecule has 1 heterocycles. The Morgan fingerprint density at radius 3 is 2.78 bits per heavy atom. The third kappa shape index (κ3) is 3.59. The SMILES string of the molecule is CNc1ccc(Oc2ccnc(NC(=O)C3CCC3)c2)c(F)c1. The highest BCUT2D eigenvalue weighted by Gasteiger charge is 2.25. The molecule has 0 aliphatic heterocycles. The average molecular weight is 315 g/mol. The van der Waals surface area contributed by atoms with Crippen LogP contribution in [0.5, 0.6) is 11.5 Å². The summed E-state index contributed by atoms with van der Waals surface area (Å²) in [6.45, 7) is 0. The van der Waals surface area contributed by atoms with Gasteiger partial charge in [0.05, 0.1) is 0 Å². The zero-order valence-corrected chi connectivity index (χ0v) is 12.8. The van der Waals surface area contributed by atoms with E-state index in [0.717, 1.165) is 19.3 Å². The molecule has 1 aliphatic rings. The van der Waals surface area contributed by atoms with E-state index in [0.29, 0.717) is 17.3 Å². The highest BCUT2D eigenvalue weighted by Crippen LogP contribution is 2.29. The number of benzene rings is 1. The quantitative estimate of drug-likeness (QED) is 0.881. The lowest BCUT2D eigenvalue weighted by Gasteiger charge is -2.23. The molecule has 1 aromatic heterocycles. The predicted octanol–water partition coefficient (Wildman–Crippen LogP) is 3.79. The van der Waals surface area contributed by atoms with Gasteiger partial charge in [-0.25, -0.2) is 9.37 Å². The Morgan fingerprint density at radius 2 is 2.13 bits per heavy atom. The number of nitrogens with one attached hydrogen (secondary N) is 2. The summed E-state index contributed by atoms with van der Waals surface area (Å²) in [5.41, 5.74) is 0.665. The average Bonchev–Trinajstić information content (AvgIpc) is 2.48. The van der Waals surface area contributed by atoms with Crippen molar-refractivity contribution in [2.45, 2.75) is 19.3 Å². The van der Waals surface area contributed by atoms with Gasteiger partial charge in [0.2, 0.25) is 5.91 Å². The molecule has 5 nitrogen and oxygen atoms in total. The van der Waals surface area contributed by atoms with E-state index in [2.05, 4.69) is 15.6 Å². The zero-order chi connectivity index (χ0) is 16.2. The third-order valence-corrected chi connectivity index (χ3v) is 3.91. The number of aromatic nitrogens is 1. The largest absolute Gasteiger partial charge is 0.454 e. The Labute approximate surface area is 133 Å². The van der Waals surface area contributed by atoms with Gasteiger partial charge in [-0.3, -0.25) is 4.79 Å². The fourth-order valence-electron chi connectivity index (χ4n) is 2.31. The van der Waals surface area contributed by atoms with Gasteiger partial charge in [-0.1, -0.05) is 6.42 Å². The van der Waals surface area contributed by atoms with Gasteiger partial charge in [-0.15, -0.1) is 0 Å². The van der Waals surface area contributed by atoms with Crippen LogP contribution in [0, 0.1) is 11.7 Å². The van der Waals surface area contributed by atoms with Gasteiger partial charge >= 0.3 is 0 Å². The van der Waals surface area contributed by atoms with Crippen molar-refractivity contribution in [3.05, 3.63) is 42.3 Å². The molecule has 23 heavy (non-hydrogen) atoms. The van der Waals surface area contributed by atoms with Gasteiger partial charge in [-0.05, 0) is 31.0 Å². The summed E-state index contributed by atoms with van der Waals surface area (Å²) >= 11 is 0. The second-order valence-electron chi connectivity index (χ2n) is 5.49. The maximum absolute atomic E-state index is 13.9. The first-order chi connectivity index (χ1) is 11.2. The molecule has 6 heteroatoms. The van der Waals surface area contributed by atoms with Gasteiger partial charge in [0.25, 0.3) is 0 Å². The number of anilines is 2. The first kappa shape index (κ1) is 15.3. The number of nitrogens with zero attached hydrogens (tertiary/aromatic N) is 1. The normalized spacial score (nSPS) is 14.0. The lowest BCUT2D eigenvalue weighted by Crippen LogP contribution is -2.28. The monoisotopic (exact) mass is 315 g/mol. The Hall–Kier alpha value is -2.63. The van der Waals surface area contributed by atoms with Crippen molar-refractivity contribution in [1.82, 2.24) is 4.98 Å². The van der Waals surface area contributed by atoms with Gasteiger partial charge in [0.1, 0.15) is 11.6 Å². The van der Waals surface area contributed by atoms with Crippen LogP contribution in [0.1, 0.15) is 19.3 Å². The smallest absolute Gasteiger partial charge is 0.228 e. The highest BCUT2D eigenvalue weighted by molar-refractivity contribution is 5.92. The molecule has 2 N–H and O–H groups in total. The minimum absolute atomic E-state index is 0.0227. The summed E-state index contributed by atoms with van der Waals surface area (Å²) < 4.78 is 19.5. The number of pyridine rings is 1. The van der Waals surface area contributed by atoms with Crippen molar-refractivity contribution in [2.75, 3.05) is 17.7 Å². The van der Waals surface area contributed by atoms with E-state index < -0.39 is 5.82 Å². The second kappa shape index (κ2) is 6.64. The summed E-state index contributed by atoms with van der Waals surface area (Å²) in [6, 6.07) is 7.83. The standard InChI is InChI=1S/C17H18FN3O2/c1-19-12-5-6-15(14(18)9-12)23-13-7-8-20-16(10-13)21-17(22)11-3-2-4-11/h5-11,19H,2-4H2,1H3,(H,20,21,22). The van der Waals surface area contributed by atoms with Crippen LogP contribution in [-0.4, -0.2) is 17.9 Å². The second-order valence-corrected chi connectivity index (χ2v) is 5.49. The Morgan fingerprint density at radius 1 is 1.30 bits per heavy atom. The van der Waals surface area contributed by atoms with Gasteiger partial charge in [0, 0.05) is 37.0 Å². The highest BCUT2D eigenvalue weighted by atomic mass is 19.1. The molecule has 120 valence electrons. The molecule has 1 amide bonds. The summed E-state index contributed by atoms with van der Waals surface area (Å²) in [5, 5.41) is 5.63. The van der Waals surface area contributed by atoms with Crippen molar-refractivity contribution >= 4 is 17.4 Å². The first-order valence-corrected chi connectivity index (χ1v) is 7.58. The maximum atomic E-state index is 13.9.